The molecule has 4 heteroatoms. The summed E-state index contributed by atoms with van der Waals surface area (Å²) in [5, 5.41) is 0. The van der Waals surface area contributed by atoms with E-state index in [2.05, 4.69) is 16.9 Å². The standard InChI is InChI=1S/C4H12AsN3/c1-2-3(6)4(5,7)8/h3H,2,6-8H2,1H3. The van der Waals surface area contributed by atoms with E-state index in [0.29, 0.717) is 0 Å². The van der Waals surface area contributed by atoms with Crippen LogP contribution in [0.1, 0.15) is 13.3 Å². The zero-order valence-electron chi connectivity index (χ0n) is 4.96. The van der Waals surface area contributed by atoms with Gasteiger partial charge in [-0.15, -0.1) is 0 Å². The zero-order chi connectivity index (χ0) is 6.78. The van der Waals surface area contributed by atoms with Crippen LogP contribution in [0.15, 0.2) is 0 Å². The van der Waals surface area contributed by atoms with E-state index in [9.17, 15) is 0 Å². The van der Waals surface area contributed by atoms with Gasteiger partial charge in [-0.05, 0) is 0 Å². The first-order valence-electron chi connectivity index (χ1n) is 2.54. The maximum atomic E-state index is 5.48. The van der Waals surface area contributed by atoms with Crippen LogP contribution in [0.4, 0.5) is 0 Å². The van der Waals surface area contributed by atoms with Crippen molar-refractivity contribution < 1.29 is 0 Å². The third-order valence-corrected chi connectivity index (χ3v) is 1.73. The van der Waals surface area contributed by atoms with Gasteiger partial charge in [0.25, 0.3) is 0 Å². The van der Waals surface area contributed by atoms with Gasteiger partial charge in [-0.3, -0.25) is 0 Å². The number of rotatable bonds is 2. The van der Waals surface area contributed by atoms with Crippen LogP contribution in [0.2, 0.25) is 0 Å². The summed E-state index contributed by atoms with van der Waals surface area (Å²) < 4.78 is -0.776. The van der Waals surface area contributed by atoms with Gasteiger partial charge in [0, 0.05) is 0 Å². The Morgan fingerprint density at radius 2 is 2.00 bits per heavy atom. The third kappa shape index (κ3) is 2.67. The van der Waals surface area contributed by atoms with Gasteiger partial charge in [-0.25, -0.2) is 0 Å². The van der Waals surface area contributed by atoms with E-state index in [-0.39, 0.29) is 6.04 Å². The summed E-state index contributed by atoms with van der Waals surface area (Å²) in [6, 6.07) is -0.123. The Kier molecular flexibility index (Phi) is 2.99. The minimum absolute atomic E-state index is 0.123. The van der Waals surface area contributed by atoms with E-state index in [4.69, 9.17) is 17.2 Å². The fourth-order valence-corrected chi connectivity index (χ4v) is 0.710. The average Bonchev–Trinajstić information content (AvgIpc) is 1.62. The predicted molar refractivity (Wildman–Crippen MR) is 35.1 cm³/mol. The van der Waals surface area contributed by atoms with E-state index >= 15 is 0 Å². The molecule has 1 atom stereocenters. The van der Waals surface area contributed by atoms with Gasteiger partial charge >= 0.3 is 57.9 Å². The molecule has 3 nitrogen and oxygen atoms in total. The van der Waals surface area contributed by atoms with Crippen molar-refractivity contribution in [3.63, 3.8) is 0 Å². The van der Waals surface area contributed by atoms with Gasteiger partial charge < -0.3 is 0 Å². The molecule has 1 unspecified atom stereocenters. The molecule has 0 heterocycles. The molecule has 0 aliphatic carbocycles. The van der Waals surface area contributed by atoms with E-state index in [1.54, 1.807) is 0 Å². The molecule has 0 saturated carbocycles. The molecule has 0 saturated heterocycles. The molecule has 0 bridgehead atoms. The number of nitrogens with two attached hydrogens (primary N) is 3. The molecule has 8 heavy (non-hydrogen) atoms. The van der Waals surface area contributed by atoms with Crippen molar-refractivity contribution in [2.75, 3.05) is 0 Å². The van der Waals surface area contributed by atoms with Crippen molar-refractivity contribution in [1.29, 1.82) is 0 Å². The van der Waals surface area contributed by atoms with Crippen LogP contribution in [0.5, 0.6) is 0 Å². The first-order valence-corrected chi connectivity index (χ1v) is 3.48. The van der Waals surface area contributed by atoms with Gasteiger partial charge in [-0.1, -0.05) is 0 Å². The van der Waals surface area contributed by atoms with E-state index < -0.39 is 4.45 Å². The molecule has 0 aromatic rings. The first-order chi connectivity index (χ1) is 3.48. The van der Waals surface area contributed by atoms with Crippen molar-refractivity contribution in [2.24, 2.45) is 17.2 Å². The van der Waals surface area contributed by atoms with Crippen molar-refractivity contribution in [3.8, 4) is 0 Å². The van der Waals surface area contributed by atoms with Crippen LogP contribution in [0.3, 0.4) is 0 Å². The van der Waals surface area contributed by atoms with Crippen molar-refractivity contribution in [1.82, 2.24) is 0 Å². The molecular weight excluding hydrogens is 165 g/mol. The Morgan fingerprint density at radius 1 is 1.62 bits per heavy atom. The average molecular weight is 177 g/mol. The number of hydrogen-bond acceptors (Lipinski definition) is 3. The van der Waals surface area contributed by atoms with Crippen LogP contribution >= 0.6 is 0 Å². The second-order valence-electron chi connectivity index (χ2n) is 1.90. The molecule has 0 aromatic heterocycles. The molecule has 2 radical (unpaired) electrons. The van der Waals surface area contributed by atoms with Gasteiger partial charge in [0.1, 0.15) is 0 Å². The molecule has 6 N–H and O–H groups in total. The summed E-state index contributed by atoms with van der Waals surface area (Å²) in [5.74, 6) is 0. The van der Waals surface area contributed by atoms with Crippen LogP contribution in [0, 0.1) is 0 Å². The second kappa shape index (κ2) is 2.83. The molecule has 0 spiro atoms. The zero-order valence-corrected chi connectivity index (χ0v) is 6.84. The van der Waals surface area contributed by atoms with Gasteiger partial charge in [0.05, 0.1) is 0 Å². The van der Waals surface area contributed by atoms with Crippen LogP contribution in [0.25, 0.3) is 0 Å². The summed E-state index contributed by atoms with van der Waals surface area (Å²) in [6.45, 7) is 1.95. The summed E-state index contributed by atoms with van der Waals surface area (Å²) in [5.41, 5.74) is 16.3. The Morgan fingerprint density at radius 3 is 2.00 bits per heavy atom. The summed E-state index contributed by atoms with van der Waals surface area (Å²) in [6.07, 6.45) is 0.807. The van der Waals surface area contributed by atoms with Crippen molar-refractivity contribution >= 4 is 16.9 Å². The van der Waals surface area contributed by atoms with E-state index in [0.717, 1.165) is 6.42 Å². The van der Waals surface area contributed by atoms with E-state index in [1.807, 2.05) is 6.92 Å². The van der Waals surface area contributed by atoms with Crippen molar-refractivity contribution in [2.45, 2.75) is 23.8 Å². The fraction of sp³-hybridized carbons (Fsp3) is 1.00. The van der Waals surface area contributed by atoms with E-state index in [1.165, 1.54) is 0 Å². The third-order valence-electron chi connectivity index (χ3n) is 1.03. The maximum absolute atomic E-state index is 5.48. The SMILES string of the molecule is CCC(N)C(N)(N)[As]. The number of hydrogen-bond donors (Lipinski definition) is 3. The molecule has 0 aromatic carbocycles. The fourth-order valence-electron chi connectivity index (χ4n) is 0.327. The predicted octanol–water partition coefficient (Wildman–Crippen LogP) is -1.54. The van der Waals surface area contributed by atoms with Crippen LogP contribution in [-0.4, -0.2) is 27.3 Å². The Labute approximate surface area is 58.5 Å². The summed E-state index contributed by atoms with van der Waals surface area (Å²) in [7, 11) is 0. The van der Waals surface area contributed by atoms with Gasteiger partial charge in [-0.2, -0.15) is 0 Å². The van der Waals surface area contributed by atoms with Gasteiger partial charge in [0.15, 0.2) is 0 Å². The van der Waals surface area contributed by atoms with Crippen LogP contribution in [-0.2, 0) is 0 Å². The summed E-state index contributed by atoms with van der Waals surface area (Å²) in [4.78, 5) is 0. The molecule has 0 fully saturated rings. The summed E-state index contributed by atoms with van der Waals surface area (Å²) >= 11 is 2.16. The monoisotopic (exact) mass is 177 g/mol. The Bertz CT molecular complexity index is 68.2. The molecule has 0 aliphatic heterocycles. The molecule has 48 valence electrons. The molecular formula is C4H12AsN3. The topological polar surface area (TPSA) is 78.1 Å². The quantitative estimate of drug-likeness (QED) is 0.353. The Balaban J connectivity index is 3.62. The molecule has 0 rings (SSSR count). The first kappa shape index (κ1) is 8.44. The Hall–Kier alpha value is 0.438. The normalized spacial score (nSPS) is 16.1. The second-order valence-corrected chi connectivity index (χ2v) is 3.53. The van der Waals surface area contributed by atoms with Gasteiger partial charge in [0.2, 0.25) is 0 Å². The molecule has 0 amide bonds. The van der Waals surface area contributed by atoms with Crippen LogP contribution < -0.4 is 17.2 Å². The minimum atomic E-state index is -0.776. The molecule has 0 aliphatic rings. The van der Waals surface area contributed by atoms with Crippen molar-refractivity contribution in [3.05, 3.63) is 0 Å².